The van der Waals surface area contributed by atoms with Crippen LogP contribution in [0.25, 0.3) is 11.0 Å². The molecule has 1 N–H and O–H groups in total. The first-order chi connectivity index (χ1) is 13.4. The number of aromatic hydroxyl groups is 1. The van der Waals surface area contributed by atoms with Gasteiger partial charge in [-0.05, 0) is 36.2 Å². The Bertz CT molecular complexity index is 1090. The zero-order chi connectivity index (χ0) is 20.3. The van der Waals surface area contributed by atoms with Gasteiger partial charge in [-0.15, -0.1) is 0 Å². The summed E-state index contributed by atoms with van der Waals surface area (Å²) in [5.74, 6) is 0.104. The van der Waals surface area contributed by atoms with E-state index >= 15 is 0 Å². The largest absolute Gasteiger partial charge is 0.508 e. The van der Waals surface area contributed by atoms with E-state index in [4.69, 9.17) is 25.5 Å². The van der Waals surface area contributed by atoms with E-state index in [0.717, 1.165) is 0 Å². The quantitative estimate of drug-likeness (QED) is 0.495. The van der Waals surface area contributed by atoms with Crippen LogP contribution in [0.3, 0.4) is 0 Å². The summed E-state index contributed by atoms with van der Waals surface area (Å²) in [5.41, 5.74) is 1.48. The molecule has 0 spiro atoms. The highest BCUT2D eigenvalue weighted by molar-refractivity contribution is 6.30. The van der Waals surface area contributed by atoms with Gasteiger partial charge in [0.15, 0.2) is 0 Å². The van der Waals surface area contributed by atoms with Crippen LogP contribution in [0.1, 0.15) is 23.6 Å². The Kier molecular flexibility index (Phi) is 5.90. The first-order valence-corrected chi connectivity index (χ1v) is 9.05. The third-order valence-electron chi connectivity index (χ3n) is 4.38. The molecular weight excluding hydrogens is 384 g/mol. The number of carbonyl (C=O) groups is 1. The number of halogens is 1. The summed E-state index contributed by atoms with van der Waals surface area (Å²) in [5, 5.41) is 11.1. The van der Waals surface area contributed by atoms with Crippen molar-refractivity contribution >= 4 is 28.5 Å². The van der Waals surface area contributed by atoms with Crippen LogP contribution in [0.2, 0.25) is 5.02 Å². The predicted octanol–water partition coefficient (Wildman–Crippen LogP) is 4.01. The van der Waals surface area contributed by atoms with Crippen molar-refractivity contribution in [2.24, 2.45) is 0 Å². The Morgan fingerprint density at radius 1 is 1.14 bits per heavy atom. The molecule has 146 valence electrons. The fourth-order valence-electron chi connectivity index (χ4n) is 2.96. The molecule has 3 rings (SSSR count). The van der Waals surface area contributed by atoms with Crippen LogP contribution < -0.4 is 10.4 Å². The molecule has 0 aliphatic rings. The Morgan fingerprint density at radius 2 is 1.93 bits per heavy atom. The smallest absolute Gasteiger partial charge is 0.336 e. The average Bonchev–Trinajstić information content (AvgIpc) is 2.65. The summed E-state index contributed by atoms with van der Waals surface area (Å²) in [6.45, 7) is 1.80. The number of rotatable bonds is 6. The van der Waals surface area contributed by atoms with Crippen molar-refractivity contribution in [3.63, 3.8) is 0 Å². The van der Waals surface area contributed by atoms with Crippen molar-refractivity contribution in [1.82, 2.24) is 0 Å². The van der Waals surface area contributed by atoms with Crippen LogP contribution in [0.15, 0.2) is 45.6 Å². The zero-order valence-corrected chi connectivity index (χ0v) is 16.2. The monoisotopic (exact) mass is 402 g/mol. The Morgan fingerprint density at radius 3 is 2.64 bits per heavy atom. The molecule has 28 heavy (non-hydrogen) atoms. The van der Waals surface area contributed by atoms with Crippen molar-refractivity contribution < 1.29 is 23.8 Å². The maximum absolute atomic E-state index is 12.3. The number of methoxy groups -OCH3 is 1. The molecule has 0 atom stereocenters. The topological polar surface area (TPSA) is 86.0 Å². The lowest BCUT2D eigenvalue weighted by Gasteiger charge is -2.11. The van der Waals surface area contributed by atoms with Crippen LogP contribution in [0, 0.1) is 0 Å². The number of carbonyl (C=O) groups excluding carboxylic acids is 1. The van der Waals surface area contributed by atoms with Gasteiger partial charge in [0.2, 0.25) is 0 Å². The fourth-order valence-corrected chi connectivity index (χ4v) is 3.15. The number of hydrogen-bond acceptors (Lipinski definition) is 6. The van der Waals surface area contributed by atoms with Gasteiger partial charge in [-0.3, -0.25) is 4.79 Å². The standard InChI is InChI=1S/C21H19ClO6/c1-3-12-7-16-14(9-21(25)28-19(16)10-17(12)23)11-27-20(24)8-13-6-15(22)4-5-18(13)26-2/h4-7,9-10,23H,3,8,11H2,1-2H3. The van der Waals surface area contributed by atoms with E-state index in [1.807, 2.05) is 6.92 Å². The molecule has 0 radical (unpaired) electrons. The van der Waals surface area contributed by atoms with Gasteiger partial charge in [0.1, 0.15) is 23.7 Å². The van der Waals surface area contributed by atoms with E-state index in [-0.39, 0.29) is 24.4 Å². The molecule has 1 heterocycles. The maximum Gasteiger partial charge on any atom is 0.336 e. The number of phenolic OH excluding ortho intramolecular Hbond substituents is 1. The lowest BCUT2D eigenvalue weighted by molar-refractivity contribution is -0.144. The fraction of sp³-hybridized carbons (Fsp3) is 0.238. The summed E-state index contributed by atoms with van der Waals surface area (Å²) in [4.78, 5) is 24.1. The molecule has 0 fully saturated rings. The van der Waals surface area contributed by atoms with Gasteiger partial charge in [-0.1, -0.05) is 18.5 Å². The summed E-state index contributed by atoms with van der Waals surface area (Å²) in [6.07, 6.45) is 0.582. The van der Waals surface area contributed by atoms with Gasteiger partial charge in [-0.25, -0.2) is 4.79 Å². The Hall–Kier alpha value is -2.99. The van der Waals surface area contributed by atoms with E-state index in [9.17, 15) is 14.7 Å². The molecule has 2 aromatic carbocycles. The molecule has 7 heteroatoms. The second-order valence-corrected chi connectivity index (χ2v) is 6.65. The molecule has 0 saturated carbocycles. The van der Waals surface area contributed by atoms with Crippen molar-refractivity contribution in [1.29, 1.82) is 0 Å². The van der Waals surface area contributed by atoms with E-state index in [1.54, 1.807) is 24.3 Å². The second kappa shape index (κ2) is 8.35. The van der Waals surface area contributed by atoms with Crippen molar-refractivity contribution in [3.05, 3.63) is 68.5 Å². The maximum atomic E-state index is 12.3. The van der Waals surface area contributed by atoms with E-state index in [1.165, 1.54) is 19.2 Å². The highest BCUT2D eigenvalue weighted by Gasteiger charge is 2.14. The SMILES string of the molecule is CCc1cc2c(COC(=O)Cc3cc(Cl)ccc3OC)cc(=O)oc2cc1O. The number of hydrogen-bond donors (Lipinski definition) is 1. The van der Waals surface area contributed by atoms with Crippen LogP contribution in [0.4, 0.5) is 0 Å². The molecule has 0 bridgehead atoms. The summed E-state index contributed by atoms with van der Waals surface area (Å²) >= 11 is 5.98. The third-order valence-corrected chi connectivity index (χ3v) is 4.61. The second-order valence-electron chi connectivity index (χ2n) is 6.21. The number of fused-ring (bicyclic) bond motifs is 1. The molecular formula is C21H19ClO6. The van der Waals surface area contributed by atoms with Gasteiger partial charge < -0.3 is 19.0 Å². The Labute approximate surface area is 166 Å². The van der Waals surface area contributed by atoms with Gasteiger partial charge in [0.25, 0.3) is 0 Å². The van der Waals surface area contributed by atoms with E-state index in [0.29, 0.717) is 39.3 Å². The third kappa shape index (κ3) is 4.28. The number of aryl methyl sites for hydroxylation is 1. The van der Waals surface area contributed by atoms with Crippen molar-refractivity contribution in [2.75, 3.05) is 7.11 Å². The van der Waals surface area contributed by atoms with Crippen LogP contribution in [-0.2, 0) is 29.0 Å². The number of esters is 1. The molecule has 0 saturated heterocycles. The van der Waals surface area contributed by atoms with Gasteiger partial charge in [0, 0.05) is 33.7 Å². The average molecular weight is 403 g/mol. The number of phenols is 1. The molecule has 0 unspecified atom stereocenters. The van der Waals surface area contributed by atoms with E-state index < -0.39 is 11.6 Å². The summed E-state index contributed by atoms with van der Waals surface area (Å²) in [7, 11) is 1.51. The van der Waals surface area contributed by atoms with Gasteiger partial charge >= 0.3 is 11.6 Å². The van der Waals surface area contributed by atoms with Gasteiger partial charge in [-0.2, -0.15) is 0 Å². The molecule has 1 aromatic heterocycles. The first kappa shape index (κ1) is 19.8. The summed E-state index contributed by atoms with van der Waals surface area (Å²) in [6, 6.07) is 9.41. The molecule has 0 amide bonds. The van der Waals surface area contributed by atoms with Crippen LogP contribution >= 0.6 is 11.6 Å². The molecule has 0 aliphatic carbocycles. The molecule has 3 aromatic rings. The zero-order valence-electron chi connectivity index (χ0n) is 15.5. The number of benzene rings is 2. The van der Waals surface area contributed by atoms with Crippen molar-refractivity contribution in [2.45, 2.75) is 26.4 Å². The highest BCUT2D eigenvalue weighted by atomic mass is 35.5. The van der Waals surface area contributed by atoms with E-state index in [2.05, 4.69) is 0 Å². The van der Waals surface area contributed by atoms with Crippen LogP contribution in [-0.4, -0.2) is 18.2 Å². The lowest BCUT2D eigenvalue weighted by Crippen LogP contribution is -2.10. The van der Waals surface area contributed by atoms with Gasteiger partial charge in [0.05, 0.1) is 13.5 Å². The minimum absolute atomic E-state index is 0.0237. The lowest BCUT2D eigenvalue weighted by atomic mass is 10.0. The first-order valence-electron chi connectivity index (χ1n) is 8.68. The highest BCUT2D eigenvalue weighted by Crippen LogP contribution is 2.28. The van der Waals surface area contributed by atoms with Crippen molar-refractivity contribution in [3.8, 4) is 11.5 Å². The normalized spacial score (nSPS) is 10.8. The molecule has 0 aliphatic heterocycles. The Balaban J connectivity index is 1.82. The summed E-state index contributed by atoms with van der Waals surface area (Å²) < 4.78 is 15.7. The van der Waals surface area contributed by atoms with Crippen LogP contribution in [0.5, 0.6) is 11.5 Å². The number of ether oxygens (including phenoxy) is 2. The predicted molar refractivity (Wildman–Crippen MR) is 105 cm³/mol. The minimum Gasteiger partial charge on any atom is -0.508 e. The minimum atomic E-state index is -0.585. The molecule has 6 nitrogen and oxygen atoms in total.